The normalized spacial score (nSPS) is 26.0. The van der Waals surface area contributed by atoms with Crippen LogP contribution in [0.4, 0.5) is 22.4 Å². The largest absolute Gasteiger partial charge is 0.465 e. The van der Waals surface area contributed by atoms with Crippen LogP contribution in [0.1, 0.15) is 50.8 Å². The molecule has 1 amide bonds. The van der Waals surface area contributed by atoms with Gasteiger partial charge in [0.1, 0.15) is 11.4 Å². The van der Waals surface area contributed by atoms with Crippen LogP contribution >= 0.6 is 0 Å². The van der Waals surface area contributed by atoms with Gasteiger partial charge in [-0.25, -0.2) is 9.18 Å². The van der Waals surface area contributed by atoms with Crippen molar-refractivity contribution in [2.24, 2.45) is 10.8 Å². The first-order valence-electron chi connectivity index (χ1n) is 10.2. The van der Waals surface area contributed by atoms with Crippen molar-refractivity contribution < 1.29 is 27.5 Å². The molecule has 31 heavy (non-hydrogen) atoms. The van der Waals surface area contributed by atoms with Gasteiger partial charge in [0, 0.05) is 23.6 Å². The number of carbonyl (C=O) groups is 1. The Kier molecular flexibility index (Phi) is 4.68. The lowest BCUT2D eigenvalue weighted by Gasteiger charge is -2.67. The molecule has 0 radical (unpaired) electrons. The number of likely N-dealkylation sites (tertiary alicyclic amines) is 1. The zero-order valence-corrected chi connectivity index (χ0v) is 17.8. The average Bonchev–Trinajstić information content (AvgIpc) is 2.97. The van der Waals surface area contributed by atoms with Crippen molar-refractivity contribution >= 4 is 6.09 Å². The minimum atomic E-state index is -4.67. The van der Waals surface area contributed by atoms with E-state index in [9.17, 15) is 27.5 Å². The Morgan fingerprint density at radius 2 is 1.87 bits per heavy atom. The molecule has 9 heteroatoms. The first-order chi connectivity index (χ1) is 14.2. The highest BCUT2D eigenvalue weighted by atomic mass is 19.4. The van der Waals surface area contributed by atoms with Gasteiger partial charge in [-0.05, 0) is 37.3 Å². The van der Waals surface area contributed by atoms with E-state index in [1.807, 2.05) is 20.8 Å². The first kappa shape index (κ1) is 21.6. The van der Waals surface area contributed by atoms with Gasteiger partial charge in [-0.2, -0.15) is 18.3 Å². The Hall–Kier alpha value is -2.58. The van der Waals surface area contributed by atoms with Gasteiger partial charge in [0.2, 0.25) is 0 Å². The molecule has 2 fully saturated rings. The number of amides is 1. The number of hydrogen-bond acceptors (Lipinski definition) is 2. The predicted octanol–water partition coefficient (Wildman–Crippen LogP) is 5.75. The molecule has 1 atom stereocenters. The second-order valence-electron chi connectivity index (χ2n) is 9.94. The zero-order chi connectivity index (χ0) is 22.9. The second kappa shape index (κ2) is 6.71. The number of benzene rings is 1. The highest BCUT2D eigenvalue weighted by molar-refractivity contribution is 5.68. The summed E-state index contributed by atoms with van der Waals surface area (Å²) in [6.07, 6.45) is -3.91. The zero-order valence-electron chi connectivity index (χ0n) is 17.8. The molecule has 1 N–H and O–H groups in total. The Bertz CT molecular complexity index is 1030. The molecular weight excluding hydrogens is 414 g/mol. The fourth-order valence-corrected chi connectivity index (χ4v) is 5.64. The minimum Gasteiger partial charge on any atom is -0.465 e. The smallest absolute Gasteiger partial charge is 0.420 e. The third kappa shape index (κ3) is 3.38. The molecule has 1 aliphatic heterocycles. The molecule has 2 aliphatic rings. The lowest BCUT2D eigenvalue weighted by Crippen LogP contribution is -2.74. The van der Waals surface area contributed by atoms with Gasteiger partial charge in [0.05, 0.1) is 17.9 Å². The lowest BCUT2D eigenvalue weighted by atomic mass is 9.50. The Balaban J connectivity index is 1.71. The van der Waals surface area contributed by atoms with Crippen LogP contribution < -0.4 is 0 Å². The highest BCUT2D eigenvalue weighted by Crippen LogP contribution is 2.62. The number of hydrogen-bond donors (Lipinski definition) is 1. The highest BCUT2D eigenvalue weighted by Gasteiger charge is 2.65. The number of carboxylic acid groups (broad SMARTS) is 1. The molecule has 1 aromatic heterocycles. The van der Waals surface area contributed by atoms with Gasteiger partial charge >= 0.3 is 12.3 Å². The molecule has 5 nitrogen and oxygen atoms in total. The SMILES string of the molecule is Cc1ccc(F)c(-c2c(C(F)(F)F)cnn2C2CC3(C2)CN(C(=O)O)C3C(C)(C)C)c1. The van der Waals surface area contributed by atoms with Crippen LogP contribution in [0.25, 0.3) is 11.3 Å². The molecule has 168 valence electrons. The molecule has 1 unspecified atom stereocenters. The van der Waals surface area contributed by atoms with Gasteiger partial charge < -0.3 is 10.0 Å². The molecule has 1 aliphatic carbocycles. The molecule has 1 aromatic carbocycles. The molecule has 2 heterocycles. The maximum atomic E-state index is 14.6. The van der Waals surface area contributed by atoms with Crippen molar-refractivity contribution in [3.63, 3.8) is 0 Å². The summed E-state index contributed by atoms with van der Waals surface area (Å²) in [4.78, 5) is 13.0. The fraction of sp³-hybridized carbons (Fsp3) is 0.545. The maximum absolute atomic E-state index is 14.6. The summed E-state index contributed by atoms with van der Waals surface area (Å²) in [5.41, 5.74) is -1.32. The van der Waals surface area contributed by atoms with E-state index in [1.54, 1.807) is 6.92 Å². The summed E-state index contributed by atoms with van der Waals surface area (Å²) in [5.74, 6) is -0.736. The van der Waals surface area contributed by atoms with Gasteiger partial charge in [-0.3, -0.25) is 4.68 Å². The molecule has 2 aromatic rings. The van der Waals surface area contributed by atoms with E-state index in [0.717, 1.165) is 12.3 Å². The summed E-state index contributed by atoms with van der Waals surface area (Å²) in [6.45, 7) is 7.93. The van der Waals surface area contributed by atoms with Crippen molar-refractivity contribution in [1.29, 1.82) is 0 Å². The van der Waals surface area contributed by atoms with Crippen LogP contribution in [0.15, 0.2) is 24.4 Å². The molecule has 0 bridgehead atoms. The Labute approximate surface area is 177 Å². The third-order valence-electron chi connectivity index (χ3n) is 6.55. The quantitative estimate of drug-likeness (QED) is 0.607. The molecular formula is C22H25F4N3O2. The van der Waals surface area contributed by atoms with Crippen LogP contribution in [0, 0.1) is 23.6 Å². The molecule has 1 saturated heterocycles. The van der Waals surface area contributed by atoms with Gasteiger partial charge in [-0.1, -0.05) is 32.4 Å². The number of halogens is 4. The molecule has 1 spiro atoms. The summed E-state index contributed by atoms with van der Waals surface area (Å²) in [5, 5.41) is 13.5. The maximum Gasteiger partial charge on any atom is 0.420 e. The molecule has 1 saturated carbocycles. The van der Waals surface area contributed by atoms with E-state index >= 15 is 0 Å². The van der Waals surface area contributed by atoms with Crippen LogP contribution in [-0.4, -0.2) is 38.5 Å². The van der Waals surface area contributed by atoms with Gasteiger partial charge in [0.15, 0.2) is 0 Å². The van der Waals surface area contributed by atoms with E-state index in [2.05, 4.69) is 5.10 Å². The van der Waals surface area contributed by atoms with Crippen LogP contribution in [0.3, 0.4) is 0 Å². The van der Waals surface area contributed by atoms with E-state index in [1.165, 1.54) is 21.7 Å². The average molecular weight is 439 g/mol. The fourth-order valence-electron chi connectivity index (χ4n) is 5.64. The number of alkyl halides is 3. The number of nitrogens with zero attached hydrogens (tertiary/aromatic N) is 3. The minimum absolute atomic E-state index is 0.126. The second-order valence-corrected chi connectivity index (χ2v) is 9.94. The summed E-state index contributed by atoms with van der Waals surface area (Å²) in [6, 6.07) is 3.49. The van der Waals surface area contributed by atoms with Crippen molar-refractivity contribution in [2.45, 2.75) is 58.8 Å². The third-order valence-corrected chi connectivity index (χ3v) is 6.55. The lowest BCUT2D eigenvalue weighted by molar-refractivity contribution is -0.169. The summed E-state index contributed by atoms with van der Waals surface area (Å²) < 4.78 is 57.0. The number of aromatic nitrogens is 2. The number of rotatable bonds is 2. The molecule has 4 rings (SSSR count). The summed E-state index contributed by atoms with van der Waals surface area (Å²) >= 11 is 0. The van der Waals surface area contributed by atoms with E-state index in [0.29, 0.717) is 24.9 Å². The van der Waals surface area contributed by atoms with Crippen LogP contribution in [0.2, 0.25) is 0 Å². The van der Waals surface area contributed by atoms with Crippen molar-refractivity contribution in [2.75, 3.05) is 6.54 Å². The standard InChI is InChI=1S/C22H25F4N3O2/c1-12-5-6-16(23)14(7-12)17-15(22(24,25)26)10-27-29(17)13-8-21(9-13)11-28(19(30)31)18(21)20(2,3)4/h5-7,10,13,18H,8-9,11H2,1-4H3,(H,30,31). The van der Waals surface area contributed by atoms with E-state index < -0.39 is 23.7 Å². The predicted molar refractivity (Wildman–Crippen MR) is 106 cm³/mol. The van der Waals surface area contributed by atoms with Crippen molar-refractivity contribution in [3.05, 3.63) is 41.3 Å². The van der Waals surface area contributed by atoms with Gasteiger partial charge in [-0.15, -0.1) is 0 Å². The topological polar surface area (TPSA) is 58.4 Å². The Morgan fingerprint density at radius 1 is 1.23 bits per heavy atom. The first-order valence-corrected chi connectivity index (χ1v) is 10.2. The Morgan fingerprint density at radius 3 is 2.42 bits per heavy atom. The number of aryl methyl sites for hydroxylation is 1. The van der Waals surface area contributed by atoms with Gasteiger partial charge in [0.25, 0.3) is 0 Å². The van der Waals surface area contributed by atoms with Crippen molar-refractivity contribution in [3.8, 4) is 11.3 Å². The van der Waals surface area contributed by atoms with Crippen LogP contribution in [-0.2, 0) is 6.18 Å². The monoisotopic (exact) mass is 439 g/mol. The summed E-state index contributed by atoms with van der Waals surface area (Å²) in [7, 11) is 0. The van der Waals surface area contributed by atoms with Crippen LogP contribution in [0.5, 0.6) is 0 Å². The van der Waals surface area contributed by atoms with Crippen molar-refractivity contribution in [1.82, 2.24) is 14.7 Å². The van der Waals surface area contributed by atoms with E-state index in [-0.39, 0.29) is 34.2 Å². The van der Waals surface area contributed by atoms with E-state index in [4.69, 9.17) is 0 Å².